The minimum atomic E-state index is 0.0167. The lowest BCUT2D eigenvalue weighted by Crippen LogP contribution is -2.29. The molecule has 1 amide bonds. The van der Waals surface area contributed by atoms with E-state index in [0.717, 1.165) is 28.8 Å². The van der Waals surface area contributed by atoms with Gasteiger partial charge in [-0.1, -0.05) is 36.0 Å². The molecule has 8 heteroatoms. The Bertz CT molecular complexity index is 848. The van der Waals surface area contributed by atoms with Gasteiger partial charge in [0.15, 0.2) is 11.0 Å². The normalized spacial score (nSPS) is 10.7. The molecule has 2 heterocycles. The van der Waals surface area contributed by atoms with E-state index in [2.05, 4.69) is 39.6 Å². The quantitative estimate of drug-likeness (QED) is 0.440. The lowest BCUT2D eigenvalue weighted by Gasteiger charge is -2.19. The van der Waals surface area contributed by atoms with Gasteiger partial charge in [-0.05, 0) is 30.0 Å². The number of para-hydroxylation sites is 1. The molecule has 6 nitrogen and oxygen atoms in total. The molecule has 0 unspecified atom stereocenters. The first-order valence-corrected chi connectivity index (χ1v) is 10.6. The topological polar surface area (TPSA) is 63.1 Å². The second-order valence-corrected chi connectivity index (χ2v) is 7.98. The van der Waals surface area contributed by atoms with Crippen molar-refractivity contribution in [3.8, 4) is 10.7 Å². The van der Waals surface area contributed by atoms with E-state index in [1.807, 2.05) is 47.3 Å². The van der Waals surface area contributed by atoms with Crippen LogP contribution in [0.1, 0.15) is 6.42 Å². The van der Waals surface area contributed by atoms with Gasteiger partial charge in [0.1, 0.15) is 0 Å². The molecule has 3 rings (SSSR count). The number of thiophene rings is 1. The Hall–Kier alpha value is -2.32. The van der Waals surface area contributed by atoms with E-state index in [1.54, 1.807) is 11.3 Å². The number of hydrogen-bond donors (Lipinski definition) is 1. The van der Waals surface area contributed by atoms with Gasteiger partial charge in [-0.25, -0.2) is 0 Å². The largest absolute Gasteiger partial charge is 0.375 e. The molecule has 2 aromatic heterocycles. The van der Waals surface area contributed by atoms with Crippen molar-refractivity contribution in [2.24, 2.45) is 7.05 Å². The summed E-state index contributed by atoms with van der Waals surface area (Å²) < 4.78 is 1.93. The average Bonchev–Trinajstić information content (AvgIpc) is 3.34. The Balaban J connectivity index is 1.38. The summed E-state index contributed by atoms with van der Waals surface area (Å²) >= 11 is 3.03. The van der Waals surface area contributed by atoms with Crippen molar-refractivity contribution < 1.29 is 4.79 Å². The van der Waals surface area contributed by atoms with Crippen molar-refractivity contribution in [1.29, 1.82) is 0 Å². The molecule has 0 aliphatic rings. The van der Waals surface area contributed by atoms with Crippen molar-refractivity contribution in [3.63, 3.8) is 0 Å². The van der Waals surface area contributed by atoms with E-state index >= 15 is 0 Å². The van der Waals surface area contributed by atoms with Gasteiger partial charge in [0, 0.05) is 32.9 Å². The van der Waals surface area contributed by atoms with Crippen LogP contribution in [0.15, 0.2) is 53.0 Å². The SMILES string of the molecule is CN(CCCNC(=O)CSc1nnc(-c2cccs2)n1C)c1ccccc1. The number of amides is 1. The van der Waals surface area contributed by atoms with Crippen LogP contribution >= 0.6 is 23.1 Å². The highest BCUT2D eigenvalue weighted by Gasteiger charge is 2.13. The first kappa shape index (κ1) is 19.4. The second kappa shape index (κ2) is 9.57. The first-order chi connectivity index (χ1) is 13.1. The summed E-state index contributed by atoms with van der Waals surface area (Å²) in [5.41, 5.74) is 1.18. The van der Waals surface area contributed by atoms with Gasteiger partial charge in [-0.15, -0.1) is 21.5 Å². The number of carbonyl (C=O) groups is 1. The zero-order valence-electron chi connectivity index (χ0n) is 15.5. The van der Waals surface area contributed by atoms with Crippen LogP contribution in [0.25, 0.3) is 10.7 Å². The van der Waals surface area contributed by atoms with Gasteiger partial charge in [0.25, 0.3) is 0 Å². The fraction of sp³-hybridized carbons (Fsp3) is 0.316. The molecule has 0 aliphatic heterocycles. The highest BCUT2D eigenvalue weighted by molar-refractivity contribution is 7.99. The van der Waals surface area contributed by atoms with Crippen LogP contribution in [0.5, 0.6) is 0 Å². The summed E-state index contributed by atoms with van der Waals surface area (Å²) in [6, 6.07) is 14.2. The molecule has 3 aromatic rings. The average molecular weight is 402 g/mol. The zero-order chi connectivity index (χ0) is 19.1. The zero-order valence-corrected chi connectivity index (χ0v) is 17.1. The van der Waals surface area contributed by atoms with Crippen LogP contribution in [0.4, 0.5) is 5.69 Å². The predicted molar refractivity (Wildman–Crippen MR) is 112 cm³/mol. The van der Waals surface area contributed by atoms with Crippen molar-refractivity contribution in [3.05, 3.63) is 47.8 Å². The Labute approximate surface area is 167 Å². The minimum absolute atomic E-state index is 0.0167. The van der Waals surface area contributed by atoms with Crippen molar-refractivity contribution in [2.45, 2.75) is 11.6 Å². The molecule has 0 spiro atoms. The third-order valence-corrected chi connectivity index (χ3v) is 5.98. The van der Waals surface area contributed by atoms with E-state index in [9.17, 15) is 4.79 Å². The Morgan fingerprint density at radius 1 is 1.22 bits per heavy atom. The smallest absolute Gasteiger partial charge is 0.230 e. The number of aromatic nitrogens is 3. The second-order valence-electron chi connectivity index (χ2n) is 6.09. The van der Waals surface area contributed by atoms with Crippen molar-refractivity contribution in [1.82, 2.24) is 20.1 Å². The molecule has 0 bridgehead atoms. The summed E-state index contributed by atoms with van der Waals surface area (Å²) in [5, 5.41) is 14.2. The Morgan fingerprint density at radius 3 is 2.78 bits per heavy atom. The van der Waals surface area contributed by atoms with Crippen LogP contribution in [0, 0.1) is 0 Å². The van der Waals surface area contributed by atoms with Gasteiger partial charge >= 0.3 is 0 Å². The maximum absolute atomic E-state index is 12.1. The summed E-state index contributed by atoms with van der Waals surface area (Å²) in [6.07, 6.45) is 0.897. The standard InChI is InChI=1S/C19H23N5OS2/c1-23(15-8-4-3-5-9-15)12-7-11-20-17(25)14-27-19-22-21-18(24(19)2)16-10-6-13-26-16/h3-6,8-10,13H,7,11-12,14H2,1-2H3,(H,20,25). The Kier molecular flexibility index (Phi) is 6.89. The number of anilines is 1. The molecule has 0 fully saturated rings. The predicted octanol–water partition coefficient (Wildman–Crippen LogP) is 3.28. The molecular weight excluding hydrogens is 378 g/mol. The lowest BCUT2D eigenvalue weighted by molar-refractivity contribution is -0.118. The van der Waals surface area contributed by atoms with E-state index in [1.165, 1.54) is 17.4 Å². The number of rotatable bonds is 9. The number of nitrogens with zero attached hydrogens (tertiary/aromatic N) is 4. The summed E-state index contributed by atoms with van der Waals surface area (Å²) in [5.74, 6) is 1.19. The van der Waals surface area contributed by atoms with Crippen LogP contribution in [0.2, 0.25) is 0 Å². The van der Waals surface area contributed by atoms with E-state index in [4.69, 9.17) is 0 Å². The summed E-state index contributed by atoms with van der Waals surface area (Å²) in [6.45, 7) is 1.56. The van der Waals surface area contributed by atoms with E-state index in [0.29, 0.717) is 12.3 Å². The highest BCUT2D eigenvalue weighted by atomic mass is 32.2. The summed E-state index contributed by atoms with van der Waals surface area (Å²) in [4.78, 5) is 15.3. The fourth-order valence-electron chi connectivity index (χ4n) is 2.60. The van der Waals surface area contributed by atoms with E-state index in [-0.39, 0.29) is 5.91 Å². The number of nitrogens with one attached hydrogen (secondary N) is 1. The molecule has 0 aliphatic carbocycles. The maximum atomic E-state index is 12.1. The van der Waals surface area contributed by atoms with Gasteiger partial charge < -0.3 is 14.8 Å². The maximum Gasteiger partial charge on any atom is 0.230 e. The van der Waals surface area contributed by atoms with Crippen LogP contribution in [-0.4, -0.2) is 46.6 Å². The third kappa shape index (κ3) is 5.33. The molecule has 1 aromatic carbocycles. The molecule has 0 saturated carbocycles. The van der Waals surface area contributed by atoms with Crippen molar-refractivity contribution >= 4 is 34.7 Å². The molecular formula is C19H23N5OS2. The molecule has 0 radical (unpaired) electrons. The molecule has 0 atom stereocenters. The molecule has 27 heavy (non-hydrogen) atoms. The van der Waals surface area contributed by atoms with Gasteiger partial charge in [0.2, 0.25) is 5.91 Å². The van der Waals surface area contributed by atoms with Crippen molar-refractivity contribution in [2.75, 3.05) is 30.8 Å². The lowest BCUT2D eigenvalue weighted by atomic mass is 10.3. The molecule has 0 saturated heterocycles. The monoisotopic (exact) mass is 401 g/mol. The fourth-order valence-corrected chi connectivity index (χ4v) is 4.08. The van der Waals surface area contributed by atoms with Gasteiger partial charge in [-0.2, -0.15) is 0 Å². The van der Waals surface area contributed by atoms with Crippen LogP contribution in [0.3, 0.4) is 0 Å². The van der Waals surface area contributed by atoms with Gasteiger partial charge in [0.05, 0.1) is 10.6 Å². The minimum Gasteiger partial charge on any atom is -0.375 e. The summed E-state index contributed by atoms with van der Waals surface area (Å²) in [7, 11) is 3.99. The van der Waals surface area contributed by atoms with Gasteiger partial charge in [-0.3, -0.25) is 4.79 Å². The van der Waals surface area contributed by atoms with Crippen LogP contribution in [-0.2, 0) is 11.8 Å². The van der Waals surface area contributed by atoms with E-state index < -0.39 is 0 Å². The highest BCUT2D eigenvalue weighted by Crippen LogP contribution is 2.25. The number of carbonyl (C=O) groups excluding carboxylic acids is 1. The van der Waals surface area contributed by atoms with Crippen LogP contribution < -0.4 is 10.2 Å². The number of thioether (sulfide) groups is 1. The Morgan fingerprint density at radius 2 is 2.04 bits per heavy atom. The number of hydrogen-bond acceptors (Lipinski definition) is 6. The molecule has 1 N–H and O–H groups in total. The first-order valence-electron chi connectivity index (χ1n) is 8.74. The third-order valence-electron chi connectivity index (χ3n) is 4.10. The molecule has 142 valence electrons. The number of benzene rings is 1.